The molecule has 1 atom stereocenters. The van der Waals surface area contributed by atoms with E-state index in [1.807, 2.05) is 20.8 Å². The monoisotopic (exact) mass is 376 g/mol. The van der Waals surface area contributed by atoms with Crippen molar-refractivity contribution >= 4 is 11.8 Å². The minimum atomic E-state index is -0.108. The molecule has 0 saturated carbocycles. The fourth-order valence-corrected chi connectivity index (χ4v) is 2.87. The average Bonchev–Trinajstić information content (AvgIpc) is 3.30. The van der Waals surface area contributed by atoms with Crippen molar-refractivity contribution in [3.05, 3.63) is 29.9 Å². The number of methoxy groups -OCH3 is 2. The van der Waals surface area contributed by atoms with Crippen LogP contribution in [0.5, 0.6) is 11.5 Å². The zero-order valence-electron chi connectivity index (χ0n) is 15.2. The van der Waals surface area contributed by atoms with Crippen molar-refractivity contribution in [2.45, 2.75) is 37.2 Å². The van der Waals surface area contributed by atoms with Crippen LogP contribution in [0.3, 0.4) is 0 Å². The molecular formula is C17H20N4O4S. The smallest absolute Gasteiger partial charge is 0.277 e. The Kier molecular flexibility index (Phi) is 5.46. The van der Waals surface area contributed by atoms with Crippen LogP contribution < -0.4 is 9.47 Å². The van der Waals surface area contributed by atoms with Gasteiger partial charge in [0.25, 0.3) is 5.22 Å². The highest BCUT2D eigenvalue weighted by atomic mass is 32.2. The quantitative estimate of drug-likeness (QED) is 0.564. The van der Waals surface area contributed by atoms with Gasteiger partial charge in [0.1, 0.15) is 11.5 Å². The summed E-state index contributed by atoms with van der Waals surface area (Å²) in [4.78, 5) is 4.39. The first-order valence-corrected chi connectivity index (χ1v) is 8.95. The van der Waals surface area contributed by atoms with E-state index in [1.165, 1.54) is 11.8 Å². The Bertz CT molecular complexity index is 855. The minimum Gasteiger partial charge on any atom is -0.497 e. The largest absolute Gasteiger partial charge is 0.497 e. The van der Waals surface area contributed by atoms with E-state index in [1.54, 1.807) is 32.4 Å². The third-order valence-electron chi connectivity index (χ3n) is 3.60. The molecule has 2 aromatic heterocycles. The first-order valence-electron chi connectivity index (χ1n) is 8.07. The summed E-state index contributed by atoms with van der Waals surface area (Å²) < 4.78 is 21.6. The molecule has 3 aromatic rings. The summed E-state index contributed by atoms with van der Waals surface area (Å²) in [6.07, 6.45) is 0. The van der Waals surface area contributed by atoms with Crippen LogP contribution in [0.2, 0.25) is 0 Å². The van der Waals surface area contributed by atoms with Gasteiger partial charge in [0.2, 0.25) is 11.8 Å². The lowest BCUT2D eigenvalue weighted by Gasteiger charge is -2.05. The van der Waals surface area contributed by atoms with Gasteiger partial charge >= 0.3 is 0 Å². The number of ether oxygens (including phenoxy) is 2. The van der Waals surface area contributed by atoms with E-state index in [2.05, 4.69) is 20.3 Å². The molecule has 3 rings (SSSR count). The summed E-state index contributed by atoms with van der Waals surface area (Å²) in [5.41, 5.74) is 0.716. The molecular weight excluding hydrogens is 356 g/mol. The summed E-state index contributed by atoms with van der Waals surface area (Å²) >= 11 is 1.36. The molecule has 1 unspecified atom stereocenters. The standard InChI is InChI=1S/C17H20N4O4S/c1-9(2)14-18-15(25-21-14)10(3)26-17-20-19-16(24-17)11-6-12(22-4)8-13(7-11)23-5/h6-10H,1-5H3. The molecule has 9 heteroatoms. The average molecular weight is 376 g/mol. The third kappa shape index (κ3) is 3.98. The maximum Gasteiger partial charge on any atom is 0.277 e. The molecule has 0 aliphatic heterocycles. The van der Waals surface area contributed by atoms with Gasteiger partial charge in [0.15, 0.2) is 5.82 Å². The van der Waals surface area contributed by atoms with Gasteiger partial charge in [-0.2, -0.15) is 4.98 Å². The van der Waals surface area contributed by atoms with Crippen LogP contribution in [0.25, 0.3) is 11.5 Å². The summed E-state index contributed by atoms with van der Waals surface area (Å²) in [7, 11) is 3.18. The van der Waals surface area contributed by atoms with E-state index >= 15 is 0 Å². The maximum absolute atomic E-state index is 5.75. The zero-order valence-corrected chi connectivity index (χ0v) is 16.0. The van der Waals surface area contributed by atoms with Crippen molar-refractivity contribution in [3.63, 3.8) is 0 Å². The number of hydrogen-bond acceptors (Lipinski definition) is 9. The summed E-state index contributed by atoms with van der Waals surface area (Å²) in [5.74, 6) is 3.09. The summed E-state index contributed by atoms with van der Waals surface area (Å²) in [5, 5.41) is 12.5. The number of hydrogen-bond donors (Lipinski definition) is 0. The second-order valence-electron chi connectivity index (χ2n) is 5.88. The van der Waals surface area contributed by atoms with E-state index in [4.69, 9.17) is 18.4 Å². The van der Waals surface area contributed by atoms with E-state index < -0.39 is 0 Å². The molecule has 0 radical (unpaired) electrons. The zero-order chi connectivity index (χ0) is 18.7. The Morgan fingerprint density at radius 2 is 1.69 bits per heavy atom. The molecule has 26 heavy (non-hydrogen) atoms. The second-order valence-corrected chi connectivity index (χ2v) is 7.17. The minimum absolute atomic E-state index is 0.108. The molecule has 0 saturated heterocycles. The highest BCUT2D eigenvalue weighted by Gasteiger charge is 2.20. The van der Waals surface area contributed by atoms with E-state index in [9.17, 15) is 0 Å². The fourth-order valence-electron chi connectivity index (χ4n) is 2.15. The van der Waals surface area contributed by atoms with Crippen LogP contribution >= 0.6 is 11.8 Å². The Morgan fingerprint density at radius 1 is 1.00 bits per heavy atom. The van der Waals surface area contributed by atoms with Crippen LogP contribution in [0, 0.1) is 0 Å². The van der Waals surface area contributed by atoms with Crippen molar-refractivity contribution in [2.24, 2.45) is 0 Å². The molecule has 1 aromatic carbocycles. The van der Waals surface area contributed by atoms with Gasteiger partial charge in [-0.3, -0.25) is 0 Å². The van der Waals surface area contributed by atoms with E-state index in [-0.39, 0.29) is 11.2 Å². The second kappa shape index (κ2) is 7.77. The molecule has 0 fully saturated rings. The number of nitrogens with zero attached hydrogens (tertiary/aromatic N) is 4. The highest BCUT2D eigenvalue weighted by Crippen LogP contribution is 2.36. The highest BCUT2D eigenvalue weighted by molar-refractivity contribution is 7.99. The number of benzene rings is 1. The van der Waals surface area contributed by atoms with Crippen LogP contribution in [0.1, 0.15) is 43.7 Å². The molecule has 0 aliphatic rings. The third-order valence-corrected chi connectivity index (χ3v) is 4.53. The van der Waals surface area contributed by atoms with Crippen molar-refractivity contribution in [1.82, 2.24) is 20.3 Å². The van der Waals surface area contributed by atoms with Gasteiger partial charge in [0, 0.05) is 17.5 Å². The first kappa shape index (κ1) is 18.2. The van der Waals surface area contributed by atoms with Crippen molar-refractivity contribution in [1.29, 1.82) is 0 Å². The fraction of sp³-hybridized carbons (Fsp3) is 0.412. The first-order chi connectivity index (χ1) is 12.5. The number of aromatic nitrogens is 4. The Hall–Kier alpha value is -2.55. The van der Waals surface area contributed by atoms with Crippen molar-refractivity contribution < 1.29 is 18.4 Å². The molecule has 0 aliphatic carbocycles. The Balaban J connectivity index is 1.77. The van der Waals surface area contributed by atoms with Crippen LogP contribution in [-0.4, -0.2) is 34.6 Å². The van der Waals surface area contributed by atoms with E-state index in [0.717, 1.165) is 0 Å². The maximum atomic E-state index is 5.75. The topological polar surface area (TPSA) is 96.3 Å². The van der Waals surface area contributed by atoms with Gasteiger partial charge in [-0.15, -0.1) is 10.2 Å². The molecule has 2 heterocycles. The van der Waals surface area contributed by atoms with Crippen molar-refractivity contribution in [2.75, 3.05) is 14.2 Å². The molecule has 0 N–H and O–H groups in total. The molecule has 138 valence electrons. The van der Waals surface area contributed by atoms with Gasteiger partial charge in [-0.25, -0.2) is 0 Å². The molecule has 0 bridgehead atoms. The predicted molar refractivity (Wildman–Crippen MR) is 95.5 cm³/mol. The summed E-state index contributed by atoms with van der Waals surface area (Å²) in [6.45, 7) is 5.97. The Morgan fingerprint density at radius 3 is 2.27 bits per heavy atom. The van der Waals surface area contributed by atoms with Crippen LogP contribution in [0.15, 0.2) is 32.4 Å². The lowest BCUT2D eigenvalue weighted by molar-refractivity contribution is 0.372. The van der Waals surface area contributed by atoms with Gasteiger partial charge in [0.05, 0.1) is 19.5 Å². The number of rotatable bonds is 7. The Labute approximate surface area is 155 Å². The lowest BCUT2D eigenvalue weighted by Crippen LogP contribution is -1.92. The van der Waals surface area contributed by atoms with Crippen LogP contribution in [-0.2, 0) is 0 Å². The van der Waals surface area contributed by atoms with E-state index in [0.29, 0.717) is 39.9 Å². The van der Waals surface area contributed by atoms with Crippen molar-refractivity contribution in [3.8, 4) is 23.0 Å². The summed E-state index contributed by atoms with van der Waals surface area (Å²) in [6, 6.07) is 5.39. The SMILES string of the molecule is COc1cc(OC)cc(-c2nnc(SC(C)c3nc(C(C)C)no3)o2)c1. The lowest BCUT2D eigenvalue weighted by atomic mass is 10.2. The number of thioether (sulfide) groups is 1. The normalized spacial score (nSPS) is 12.4. The van der Waals surface area contributed by atoms with Crippen LogP contribution in [0.4, 0.5) is 0 Å². The predicted octanol–water partition coefficient (Wildman–Crippen LogP) is 4.11. The molecule has 0 spiro atoms. The molecule has 0 amide bonds. The molecule has 8 nitrogen and oxygen atoms in total. The van der Waals surface area contributed by atoms with Gasteiger partial charge in [-0.1, -0.05) is 30.8 Å². The van der Waals surface area contributed by atoms with Gasteiger partial charge in [-0.05, 0) is 19.1 Å². The van der Waals surface area contributed by atoms with Gasteiger partial charge < -0.3 is 18.4 Å².